The Morgan fingerprint density at radius 1 is 1.20 bits per heavy atom. The fourth-order valence-electron chi connectivity index (χ4n) is 5.64. The first kappa shape index (κ1) is 19.8. The van der Waals surface area contributed by atoms with Crippen molar-refractivity contribution in [3.8, 4) is 0 Å². The summed E-state index contributed by atoms with van der Waals surface area (Å²) in [5, 5.41) is 11.6. The van der Waals surface area contributed by atoms with Crippen LogP contribution in [0.2, 0.25) is 18.1 Å². The number of fused-ring (bicyclic) bond motifs is 4. The van der Waals surface area contributed by atoms with Gasteiger partial charge >= 0.3 is 0 Å². The molecule has 0 aromatic rings. The van der Waals surface area contributed by atoms with E-state index in [1.165, 1.54) is 6.42 Å². The molecule has 3 fully saturated rings. The van der Waals surface area contributed by atoms with Gasteiger partial charge in [-0.05, 0) is 61.6 Å². The van der Waals surface area contributed by atoms with Gasteiger partial charge in [-0.25, -0.2) is 0 Å². The molecule has 2 aliphatic heterocycles. The van der Waals surface area contributed by atoms with Crippen LogP contribution in [0.1, 0.15) is 67.7 Å². The molecule has 0 spiro atoms. The van der Waals surface area contributed by atoms with Crippen molar-refractivity contribution in [1.82, 2.24) is 0 Å². The molecule has 0 radical (unpaired) electrons. The SMILES string of the molecule is CC(C)[C@@]12C[C@@H](O[Si](C)(C)C(C)(C)C)[C@@](C)(O1)[C@@H]1CC[C@H](C)[C@@H]1[C@@H]2O. The fraction of sp³-hybridized carbons (Fsp3) is 1.00. The van der Waals surface area contributed by atoms with Crippen LogP contribution < -0.4 is 0 Å². The molecule has 146 valence electrons. The zero-order chi connectivity index (χ0) is 19.0. The van der Waals surface area contributed by atoms with E-state index in [9.17, 15) is 5.11 Å². The van der Waals surface area contributed by atoms with E-state index in [2.05, 4.69) is 61.6 Å². The Bertz CT molecular complexity index is 526. The second-order valence-corrected chi connectivity index (χ2v) is 15.9. The largest absolute Gasteiger partial charge is 0.411 e. The second kappa shape index (κ2) is 5.80. The molecule has 1 aliphatic carbocycles. The highest BCUT2D eigenvalue weighted by Gasteiger charge is 2.70. The third kappa shape index (κ3) is 2.69. The zero-order valence-corrected chi connectivity index (χ0v) is 18.8. The Morgan fingerprint density at radius 2 is 1.80 bits per heavy atom. The van der Waals surface area contributed by atoms with Crippen molar-refractivity contribution in [1.29, 1.82) is 0 Å². The highest BCUT2D eigenvalue weighted by atomic mass is 28.4. The Balaban J connectivity index is 2.00. The van der Waals surface area contributed by atoms with Crippen LogP contribution in [0.5, 0.6) is 0 Å². The van der Waals surface area contributed by atoms with Gasteiger partial charge < -0.3 is 14.3 Å². The van der Waals surface area contributed by atoms with E-state index in [0.29, 0.717) is 23.7 Å². The first-order chi connectivity index (χ1) is 11.3. The number of rotatable bonds is 3. The van der Waals surface area contributed by atoms with Crippen LogP contribution in [-0.4, -0.2) is 36.8 Å². The second-order valence-electron chi connectivity index (χ2n) is 11.1. The van der Waals surface area contributed by atoms with Crippen LogP contribution in [0.4, 0.5) is 0 Å². The summed E-state index contributed by atoms with van der Waals surface area (Å²) in [6.07, 6.45) is 2.94. The molecule has 2 bridgehead atoms. The monoisotopic (exact) mass is 368 g/mol. The molecule has 3 rings (SSSR count). The summed E-state index contributed by atoms with van der Waals surface area (Å²) in [4.78, 5) is 0. The van der Waals surface area contributed by atoms with Gasteiger partial charge in [-0.3, -0.25) is 0 Å². The van der Waals surface area contributed by atoms with E-state index in [-0.39, 0.29) is 22.8 Å². The van der Waals surface area contributed by atoms with Crippen molar-refractivity contribution < 1.29 is 14.3 Å². The molecule has 0 unspecified atom stereocenters. The van der Waals surface area contributed by atoms with Gasteiger partial charge in [0, 0.05) is 6.42 Å². The van der Waals surface area contributed by atoms with E-state index in [4.69, 9.17) is 9.16 Å². The lowest BCUT2D eigenvalue weighted by Crippen LogP contribution is -2.61. The number of hydrogen-bond acceptors (Lipinski definition) is 3. The first-order valence-electron chi connectivity index (χ1n) is 10.3. The minimum Gasteiger partial charge on any atom is -0.411 e. The number of hydrogen-bond donors (Lipinski definition) is 1. The van der Waals surface area contributed by atoms with Gasteiger partial charge in [-0.2, -0.15) is 0 Å². The van der Waals surface area contributed by atoms with E-state index in [1.54, 1.807) is 0 Å². The first-order valence-corrected chi connectivity index (χ1v) is 13.2. The maximum Gasteiger partial charge on any atom is 0.192 e. The maximum absolute atomic E-state index is 11.4. The Labute approximate surface area is 156 Å². The fourth-order valence-corrected chi connectivity index (χ4v) is 7.02. The topological polar surface area (TPSA) is 38.7 Å². The van der Waals surface area contributed by atoms with E-state index < -0.39 is 13.9 Å². The molecule has 25 heavy (non-hydrogen) atoms. The Kier molecular flexibility index (Phi) is 4.60. The van der Waals surface area contributed by atoms with Crippen molar-refractivity contribution >= 4 is 8.32 Å². The van der Waals surface area contributed by atoms with Crippen molar-refractivity contribution in [3.63, 3.8) is 0 Å². The van der Waals surface area contributed by atoms with Crippen LogP contribution in [-0.2, 0) is 9.16 Å². The van der Waals surface area contributed by atoms with Crippen LogP contribution in [0.25, 0.3) is 0 Å². The number of aliphatic hydroxyl groups excluding tert-OH is 1. The number of aliphatic hydroxyl groups is 1. The molecular weight excluding hydrogens is 328 g/mol. The molecule has 1 saturated carbocycles. The van der Waals surface area contributed by atoms with Gasteiger partial charge in [0.15, 0.2) is 8.32 Å². The summed E-state index contributed by atoms with van der Waals surface area (Å²) in [6.45, 7) is 20.6. The van der Waals surface area contributed by atoms with Crippen LogP contribution in [0, 0.1) is 23.7 Å². The summed E-state index contributed by atoms with van der Waals surface area (Å²) in [7, 11) is -1.89. The lowest BCUT2D eigenvalue weighted by atomic mass is 9.69. The predicted octanol–water partition coefficient (Wildman–Crippen LogP) is 4.99. The Morgan fingerprint density at radius 3 is 2.32 bits per heavy atom. The highest BCUT2D eigenvalue weighted by molar-refractivity contribution is 6.74. The van der Waals surface area contributed by atoms with E-state index in [0.717, 1.165) is 12.8 Å². The van der Waals surface area contributed by atoms with Gasteiger partial charge in [0.25, 0.3) is 0 Å². The van der Waals surface area contributed by atoms with Gasteiger partial charge in [0.1, 0.15) is 0 Å². The third-order valence-corrected chi connectivity index (χ3v) is 12.9. The summed E-state index contributed by atoms with van der Waals surface area (Å²) >= 11 is 0. The van der Waals surface area contributed by atoms with Crippen molar-refractivity contribution in [2.24, 2.45) is 23.7 Å². The van der Waals surface area contributed by atoms with Crippen LogP contribution in [0.15, 0.2) is 0 Å². The molecule has 7 atom stereocenters. The molecule has 3 aliphatic rings. The smallest absolute Gasteiger partial charge is 0.192 e. The van der Waals surface area contributed by atoms with Gasteiger partial charge in [-0.15, -0.1) is 0 Å². The van der Waals surface area contributed by atoms with Crippen molar-refractivity contribution in [2.45, 2.75) is 109 Å². The summed E-state index contributed by atoms with van der Waals surface area (Å²) < 4.78 is 13.8. The summed E-state index contributed by atoms with van der Waals surface area (Å²) in [5.74, 6) is 1.65. The van der Waals surface area contributed by atoms with E-state index >= 15 is 0 Å². The molecule has 0 aromatic heterocycles. The summed E-state index contributed by atoms with van der Waals surface area (Å²) in [5.41, 5.74) is -0.698. The maximum atomic E-state index is 11.4. The summed E-state index contributed by atoms with van der Waals surface area (Å²) in [6, 6.07) is 0. The van der Waals surface area contributed by atoms with Crippen molar-refractivity contribution in [2.75, 3.05) is 0 Å². The lowest BCUT2D eigenvalue weighted by Gasteiger charge is -2.52. The van der Waals surface area contributed by atoms with Crippen LogP contribution in [0.3, 0.4) is 0 Å². The van der Waals surface area contributed by atoms with Gasteiger partial charge in [0.05, 0.1) is 23.4 Å². The minimum absolute atomic E-state index is 0.103. The Hall–Kier alpha value is 0.0969. The highest BCUT2D eigenvalue weighted by Crippen LogP contribution is 2.63. The van der Waals surface area contributed by atoms with Crippen LogP contribution >= 0.6 is 0 Å². The molecule has 0 aromatic carbocycles. The van der Waals surface area contributed by atoms with Gasteiger partial charge in [-0.1, -0.05) is 41.5 Å². The molecule has 3 nitrogen and oxygen atoms in total. The third-order valence-electron chi connectivity index (χ3n) is 8.43. The predicted molar refractivity (Wildman–Crippen MR) is 105 cm³/mol. The average Bonchev–Trinajstić information content (AvgIpc) is 2.95. The molecule has 0 amide bonds. The van der Waals surface area contributed by atoms with Gasteiger partial charge in [0.2, 0.25) is 0 Å². The molecular formula is C21H40O3Si. The quantitative estimate of drug-likeness (QED) is 0.713. The molecule has 4 heteroatoms. The molecule has 2 saturated heterocycles. The standard InChI is InChI=1S/C21H40O3Si/c1-13(2)21-12-16(23-25(8,9)19(4,5)6)20(7,24-21)15-11-10-14(3)17(15)18(21)22/h13-18,22H,10-12H2,1-9H3/t14-,15+,16+,17-,18-,20-,21+/m0/s1. The minimum atomic E-state index is -1.89. The van der Waals surface area contributed by atoms with Crippen molar-refractivity contribution in [3.05, 3.63) is 0 Å². The normalized spacial score (nSPS) is 47.4. The number of ether oxygens (including phenoxy) is 1. The molecule has 2 heterocycles. The zero-order valence-electron chi connectivity index (χ0n) is 17.8. The average molecular weight is 369 g/mol. The molecule has 1 N–H and O–H groups in total. The lowest BCUT2D eigenvalue weighted by molar-refractivity contribution is -0.257. The van der Waals surface area contributed by atoms with E-state index in [1.807, 2.05) is 0 Å².